The fourth-order valence-corrected chi connectivity index (χ4v) is 3.83. The topological polar surface area (TPSA) is 46.3 Å². The summed E-state index contributed by atoms with van der Waals surface area (Å²) in [5.74, 6) is 1.93. The molecule has 1 saturated carbocycles. The second-order valence-corrected chi connectivity index (χ2v) is 6.18. The van der Waals surface area contributed by atoms with Gasteiger partial charge in [0, 0.05) is 25.0 Å². The Morgan fingerprint density at radius 1 is 1.22 bits per heavy atom. The van der Waals surface area contributed by atoms with Crippen LogP contribution in [0.5, 0.6) is 0 Å². The molecule has 0 bridgehead atoms. The molecule has 0 spiro atoms. The number of carbonyl (C=O) groups excluding carboxylic acids is 1. The molecule has 1 amide bonds. The Kier molecular flexibility index (Phi) is 4.66. The molecule has 2 N–H and O–H groups in total. The standard InChI is InChI=1S/C15H28N2O/c1-3-5-11(6-4-2)15(18)17-9-12-7-8-14(16)13(12)10-17/h11-14H,3-10,16H2,1-2H3. The summed E-state index contributed by atoms with van der Waals surface area (Å²) in [6, 6.07) is 0.337. The molecule has 1 saturated heterocycles. The molecule has 104 valence electrons. The van der Waals surface area contributed by atoms with E-state index in [-0.39, 0.29) is 5.92 Å². The molecule has 1 aliphatic heterocycles. The lowest BCUT2D eigenvalue weighted by molar-refractivity contribution is -0.135. The SMILES string of the molecule is CCCC(CCC)C(=O)N1CC2CCC(N)C2C1. The van der Waals surface area contributed by atoms with Crippen molar-refractivity contribution in [3.8, 4) is 0 Å². The van der Waals surface area contributed by atoms with E-state index in [1.165, 1.54) is 6.42 Å². The molecule has 0 aromatic heterocycles. The molecule has 1 heterocycles. The number of nitrogens with zero attached hydrogens (tertiary/aromatic N) is 1. The van der Waals surface area contributed by atoms with Gasteiger partial charge in [-0.2, -0.15) is 0 Å². The van der Waals surface area contributed by atoms with Crippen LogP contribution in [0.4, 0.5) is 0 Å². The van der Waals surface area contributed by atoms with E-state index in [9.17, 15) is 4.79 Å². The van der Waals surface area contributed by atoms with Gasteiger partial charge in [0.25, 0.3) is 0 Å². The molecule has 3 unspecified atom stereocenters. The summed E-state index contributed by atoms with van der Waals surface area (Å²) in [7, 11) is 0. The molecule has 2 aliphatic rings. The van der Waals surface area contributed by atoms with E-state index in [0.29, 0.717) is 23.8 Å². The van der Waals surface area contributed by atoms with Crippen LogP contribution in [0.25, 0.3) is 0 Å². The average Bonchev–Trinajstić information content (AvgIpc) is 2.91. The van der Waals surface area contributed by atoms with Crippen LogP contribution in [0, 0.1) is 17.8 Å². The van der Waals surface area contributed by atoms with Gasteiger partial charge in [-0.3, -0.25) is 4.79 Å². The maximum absolute atomic E-state index is 12.5. The highest BCUT2D eigenvalue weighted by Gasteiger charge is 2.43. The zero-order chi connectivity index (χ0) is 13.1. The molecule has 18 heavy (non-hydrogen) atoms. The van der Waals surface area contributed by atoms with Crippen molar-refractivity contribution < 1.29 is 4.79 Å². The van der Waals surface area contributed by atoms with Gasteiger partial charge in [-0.05, 0) is 37.5 Å². The molecule has 2 fully saturated rings. The Morgan fingerprint density at radius 2 is 1.89 bits per heavy atom. The minimum atomic E-state index is 0.259. The van der Waals surface area contributed by atoms with Crippen LogP contribution < -0.4 is 5.73 Å². The molecule has 3 atom stereocenters. The molecule has 2 rings (SSSR count). The summed E-state index contributed by atoms with van der Waals surface area (Å²) in [5.41, 5.74) is 6.14. The summed E-state index contributed by atoms with van der Waals surface area (Å²) in [5, 5.41) is 0. The fourth-order valence-electron chi connectivity index (χ4n) is 3.83. The highest BCUT2D eigenvalue weighted by Crippen LogP contribution is 2.38. The van der Waals surface area contributed by atoms with Crippen molar-refractivity contribution in [3.05, 3.63) is 0 Å². The summed E-state index contributed by atoms with van der Waals surface area (Å²) in [6.45, 7) is 6.24. The first-order chi connectivity index (χ1) is 8.67. The second-order valence-electron chi connectivity index (χ2n) is 6.18. The Hall–Kier alpha value is -0.570. The Bertz CT molecular complexity index is 286. The first kappa shape index (κ1) is 13.9. The third kappa shape index (κ3) is 2.71. The number of hydrogen-bond donors (Lipinski definition) is 1. The molecule has 1 aliphatic carbocycles. The van der Waals surface area contributed by atoms with Crippen LogP contribution >= 0.6 is 0 Å². The zero-order valence-corrected chi connectivity index (χ0v) is 11.9. The predicted octanol–water partition coefficient (Wildman–Crippen LogP) is 2.40. The van der Waals surface area contributed by atoms with Gasteiger partial charge >= 0.3 is 0 Å². The molecule has 0 aromatic carbocycles. The van der Waals surface area contributed by atoms with Crippen molar-refractivity contribution in [1.29, 1.82) is 0 Å². The Labute approximate surface area is 111 Å². The summed E-state index contributed by atoms with van der Waals surface area (Å²) >= 11 is 0. The van der Waals surface area contributed by atoms with E-state index >= 15 is 0 Å². The third-order valence-electron chi connectivity index (χ3n) is 4.85. The maximum atomic E-state index is 12.5. The normalized spacial score (nSPS) is 31.1. The van der Waals surface area contributed by atoms with Gasteiger partial charge in [-0.15, -0.1) is 0 Å². The van der Waals surface area contributed by atoms with Crippen LogP contribution in [0.1, 0.15) is 52.4 Å². The zero-order valence-electron chi connectivity index (χ0n) is 11.9. The van der Waals surface area contributed by atoms with Crippen molar-refractivity contribution in [2.45, 2.75) is 58.4 Å². The monoisotopic (exact) mass is 252 g/mol. The van der Waals surface area contributed by atoms with Gasteiger partial charge in [0.1, 0.15) is 0 Å². The second kappa shape index (κ2) is 6.05. The quantitative estimate of drug-likeness (QED) is 0.816. The number of nitrogens with two attached hydrogens (primary N) is 1. The first-order valence-electron chi connectivity index (χ1n) is 7.71. The minimum Gasteiger partial charge on any atom is -0.342 e. The minimum absolute atomic E-state index is 0.259. The van der Waals surface area contributed by atoms with E-state index in [4.69, 9.17) is 5.73 Å². The lowest BCUT2D eigenvalue weighted by atomic mass is 9.96. The summed E-state index contributed by atoms with van der Waals surface area (Å²) in [4.78, 5) is 14.7. The van der Waals surface area contributed by atoms with E-state index in [1.54, 1.807) is 0 Å². The highest BCUT2D eigenvalue weighted by atomic mass is 16.2. The van der Waals surface area contributed by atoms with E-state index < -0.39 is 0 Å². The third-order valence-corrected chi connectivity index (χ3v) is 4.85. The first-order valence-corrected chi connectivity index (χ1v) is 7.71. The van der Waals surface area contributed by atoms with Gasteiger partial charge in [-0.25, -0.2) is 0 Å². The molecule has 3 heteroatoms. The van der Waals surface area contributed by atoms with Gasteiger partial charge in [-0.1, -0.05) is 26.7 Å². The van der Waals surface area contributed by atoms with Crippen molar-refractivity contribution in [3.63, 3.8) is 0 Å². The van der Waals surface area contributed by atoms with Crippen molar-refractivity contribution in [1.82, 2.24) is 4.90 Å². The molecular weight excluding hydrogens is 224 g/mol. The lowest BCUT2D eigenvalue weighted by Crippen LogP contribution is -2.37. The molecule has 0 radical (unpaired) electrons. The number of rotatable bonds is 5. The summed E-state index contributed by atoms with van der Waals surface area (Å²) in [6.07, 6.45) is 6.69. The maximum Gasteiger partial charge on any atom is 0.225 e. The van der Waals surface area contributed by atoms with Gasteiger partial charge in [0.2, 0.25) is 5.91 Å². The van der Waals surface area contributed by atoms with Crippen molar-refractivity contribution >= 4 is 5.91 Å². The number of carbonyl (C=O) groups is 1. The Morgan fingerprint density at radius 3 is 2.44 bits per heavy atom. The van der Waals surface area contributed by atoms with E-state index in [2.05, 4.69) is 18.7 Å². The molecular formula is C15H28N2O. The molecule has 0 aromatic rings. The van der Waals surface area contributed by atoms with Crippen LogP contribution in [0.3, 0.4) is 0 Å². The average molecular weight is 252 g/mol. The fraction of sp³-hybridized carbons (Fsp3) is 0.933. The molecule has 3 nitrogen and oxygen atoms in total. The van der Waals surface area contributed by atoms with Gasteiger partial charge in [0.05, 0.1) is 0 Å². The van der Waals surface area contributed by atoms with Crippen LogP contribution in [0.15, 0.2) is 0 Å². The predicted molar refractivity (Wildman–Crippen MR) is 74.1 cm³/mol. The number of fused-ring (bicyclic) bond motifs is 1. The smallest absolute Gasteiger partial charge is 0.225 e. The van der Waals surface area contributed by atoms with Crippen LogP contribution in [-0.2, 0) is 4.79 Å². The van der Waals surface area contributed by atoms with E-state index in [0.717, 1.165) is 45.2 Å². The van der Waals surface area contributed by atoms with E-state index in [1.807, 2.05) is 0 Å². The van der Waals surface area contributed by atoms with Crippen molar-refractivity contribution in [2.75, 3.05) is 13.1 Å². The Balaban J connectivity index is 1.93. The summed E-state index contributed by atoms with van der Waals surface area (Å²) < 4.78 is 0. The largest absolute Gasteiger partial charge is 0.342 e. The van der Waals surface area contributed by atoms with Gasteiger partial charge < -0.3 is 10.6 Å². The number of amides is 1. The van der Waals surface area contributed by atoms with Crippen molar-refractivity contribution in [2.24, 2.45) is 23.5 Å². The van der Waals surface area contributed by atoms with Crippen LogP contribution in [-0.4, -0.2) is 29.9 Å². The number of likely N-dealkylation sites (tertiary alicyclic amines) is 1. The van der Waals surface area contributed by atoms with Gasteiger partial charge in [0.15, 0.2) is 0 Å². The number of hydrogen-bond acceptors (Lipinski definition) is 2. The lowest BCUT2D eigenvalue weighted by Gasteiger charge is -2.24. The van der Waals surface area contributed by atoms with Crippen LogP contribution in [0.2, 0.25) is 0 Å². The highest BCUT2D eigenvalue weighted by molar-refractivity contribution is 5.79.